The lowest BCUT2D eigenvalue weighted by atomic mass is 9.70. The number of fused-ring (bicyclic) bond motifs is 1. The maximum absolute atomic E-state index is 12.8. The molecule has 3 heteroatoms. The summed E-state index contributed by atoms with van der Waals surface area (Å²) in [5, 5.41) is 5.28. The Hall–Kier alpha value is -2.42. The smallest absolute Gasteiger partial charge is 0.225 e. The minimum absolute atomic E-state index is 0.0115. The van der Waals surface area contributed by atoms with Crippen molar-refractivity contribution in [2.75, 3.05) is 0 Å². The minimum Gasteiger partial charge on any atom is -0.329 e. The molecule has 0 radical (unpaired) electrons. The van der Waals surface area contributed by atoms with Crippen LogP contribution >= 0.6 is 0 Å². The molecule has 2 aromatic rings. The van der Waals surface area contributed by atoms with Gasteiger partial charge in [-0.05, 0) is 28.2 Å². The molecule has 0 saturated heterocycles. The van der Waals surface area contributed by atoms with Crippen molar-refractivity contribution in [3.05, 3.63) is 59.3 Å². The summed E-state index contributed by atoms with van der Waals surface area (Å²) in [6, 6.07) is 14.4. The van der Waals surface area contributed by atoms with Crippen molar-refractivity contribution in [2.45, 2.75) is 39.0 Å². The largest absolute Gasteiger partial charge is 0.329 e. The van der Waals surface area contributed by atoms with Gasteiger partial charge in [-0.1, -0.05) is 56.3 Å². The molecule has 0 spiro atoms. The van der Waals surface area contributed by atoms with Gasteiger partial charge in [0.05, 0.1) is 0 Å². The molecule has 0 bridgehead atoms. The number of carbonyl (C=O) groups excluding carboxylic acids is 2. The lowest BCUT2D eigenvalue weighted by molar-refractivity contribution is -0.122. The zero-order chi connectivity index (χ0) is 16.9. The molecule has 2 aromatic carbocycles. The number of allylic oxidation sites excluding steroid dienone is 2. The zero-order valence-electron chi connectivity index (χ0n) is 14.1. The minimum atomic E-state index is -0.123. The van der Waals surface area contributed by atoms with Crippen LogP contribution in [-0.2, 0) is 9.59 Å². The molecule has 3 nitrogen and oxygen atoms in total. The fraction of sp³-hybridized carbons (Fsp3) is 0.333. The van der Waals surface area contributed by atoms with Gasteiger partial charge in [-0.3, -0.25) is 9.59 Å². The van der Waals surface area contributed by atoms with Gasteiger partial charge >= 0.3 is 0 Å². The number of benzene rings is 2. The number of hydrogen-bond donors (Lipinski definition) is 1. The highest BCUT2D eigenvalue weighted by molar-refractivity contribution is 6.02. The highest BCUT2D eigenvalue weighted by Crippen LogP contribution is 2.44. The summed E-state index contributed by atoms with van der Waals surface area (Å²) < 4.78 is 0. The van der Waals surface area contributed by atoms with E-state index in [9.17, 15) is 9.59 Å². The van der Waals surface area contributed by atoms with Gasteiger partial charge in [0.15, 0.2) is 5.78 Å². The fourth-order valence-electron chi connectivity index (χ4n) is 4.07. The van der Waals surface area contributed by atoms with Crippen molar-refractivity contribution in [3.8, 4) is 0 Å². The standard InChI is InChI=1S/C21H21NO2/c1-21(2)11-17-20(18(23)12-21)16(10-19(24)22-17)15-8-7-13-5-3-4-6-14(13)9-15/h3-9,16H,10-12H2,1-2H3,(H,22,24)/t16-/m1/s1. The van der Waals surface area contributed by atoms with E-state index >= 15 is 0 Å². The Kier molecular flexibility index (Phi) is 3.34. The molecule has 1 amide bonds. The molecule has 0 fully saturated rings. The number of amides is 1. The Bertz CT molecular complexity index is 892. The van der Waals surface area contributed by atoms with Crippen LogP contribution in [0.1, 0.15) is 44.6 Å². The van der Waals surface area contributed by atoms with Gasteiger partial charge in [-0.25, -0.2) is 0 Å². The van der Waals surface area contributed by atoms with E-state index in [0.717, 1.165) is 28.6 Å². The summed E-state index contributed by atoms with van der Waals surface area (Å²) >= 11 is 0. The van der Waals surface area contributed by atoms with Gasteiger partial charge in [0, 0.05) is 30.0 Å². The molecule has 0 unspecified atom stereocenters. The topological polar surface area (TPSA) is 46.2 Å². The summed E-state index contributed by atoms with van der Waals surface area (Å²) in [5.41, 5.74) is 2.63. The first kappa shape index (κ1) is 15.1. The SMILES string of the molecule is CC1(C)CC(=O)C2=C(C1)NC(=O)C[C@@H]2c1ccc2ccccc2c1. The lowest BCUT2D eigenvalue weighted by Gasteiger charge is -2.37. The zero-order valence-corrected chi connectivity index (χ0v) is 14.1. The van der Waals surface area contributed by atoms with Gasteiger partial charge in [-0.2, -0.15) is 0 Å². The Morgan fingerprint density at radius 1 is 1.00 bits per heavy atom. The molecule has 1 aliphatic carbocycles. The van der Waals surface area contributed by atoms with Crippen molar-refractivity contribution in [3.63, 3.8) is 0 Å². The number of Topliss-reactive ketones (excluding diaryl/α,β-unsaturated/α-hetero) is 1. The van der Waals surface area contributed by atoms with E-state index in [1.54, 1.807) is 0 Å². The number of carbonyl (C=O) groups is 2. The molecule has 4 rings (SSSR count). The van der Waals surface area contributed by atoms with Crippen LogP contribution in [0.15, 0.2) is 53.7 Å². The fourth-order valence-corrected chi connectivity index (χ4v) is 4.07. The Morgan fingerprint density at radius 2 is 1.75 bits per heavy atom. The number of ketones is 1. The third-order valence-electron chi connectivity index (χ3n) is 5.12. The van der Waals surface area contributed by atoms with Crippen LogP contribution in [-0.4, -0.2) is 11.7 Å². The molecule has 1 N–H and O–H groups in total. The van der Waals surface area contributed by atoms with Crippen LogP contribution < -0.4 is 5.32 Å². The van der Waals surface area contributed by atoms with E-state index in [2.05, 4.69) is 49.5 Å². The van der Waals surface area contributed by atoms with Crippen molar-refractivity contribution < 1.29 is 9.59 Å². The second kappa shape index (κ2) is 5.30. The van der Waals surface area contributed by atoms with E-state index < -0.39 is 0 Å². The maximum Gasteiger partial charge on any atom is 0.225 e. The van der Waals surface area contributed by atoms with Crippen LogP contribution in [0.5, 0.6) is 0 Å². The van der Waals surface area contributed by atoms with Crippen molar-refractivity contribution >= 4 is 22.5 Å². The van der Waals surface area contributed by atoms with Crippen molar-refractivity contribution in [1.29, 1.82) is 0 Å². The average Bonchev–Trinajstić information content (AvgIpc) is 2.52. The second-order valence-electron chi connectivity index (χ2n) is 7.74. The van der Waals surface area contributed by atoms with Gasteiger partial charge in [-0.15, -0.1) is 0 Å². The molecular formula is C21H21NO2. The van der Waals surface area contributed by atoms with E-state index in [1.165, 1.54) is 5.39 Å². The Labute approximate surface area is 141 Å². The summed E-state index contributed by atoms with van der Waals surface area (Å²) in [5.74, 6) is 0.0683. The highest BCUT2D eigenvalue weighted by Gasteiger charge is 2.40. The van der Waals surface area contributed by atoms with Crippen molar-refractivity contribution in [2.24, 2.45) is 5.41 Å². The Balaban J connectivity index is 1.83. The third kappa shape index (κ3) is 2.54. The molecule has 1 heterocycles. The van der Waals surface area contributed by atoms with Crippen LogP contribution in [0.25, 0.3) is 10.8 Å². The Morgan fingerprint density at radius 3 is 2.54 bits per heavy atom. The molecule has 24 heavy (non-hydrogen) atoms. The van der Waals surface area contributed by atoms with Crippen LogP contribution in [0, 0.1) is 5.41 Å². The molecule has 2 aliphatic rings. The third-order valence-corrected chi connectivity index (χ3v) is 5.12. The van der Waals surface area contributed by atoms with Crippen molar-refractivity contribution in [1.82, 2.24) is 5.32 Å². The predicted octanol–water partition coefficient (Wildman–Crippen LogP) is 4.09. The molecular weight excluding hydrogens is 298 g/mol. The number of hydrogen-bond acceptors (Lipinski definition) is 2. The first-order chi connectivity index (χ1) is 11.4. The highest BCUT2D eigenvalue weighted by atomic mass is 16.2. The van der Waals surface area contributed by atoms with E-state index in [4.69, 9.17) is 0 Å². The van der Waals surface area contributed by atoms with E-state index in [-0.39, 0.29) is 23.0 Å². The van der Waals surface area contributed by atoms with Crippen LogP contribution in [0.2, 0.25) is 0 Å². The van der Waals surface area contributed by atoms with Crippen LogP contribution in [0.3, 0.4) is 0 Å². The van der Waals surface area contributed by atoms with Gasteiger partial charge in [0.1, 0.15) is 0 Å². The molecule has 0 saturated carbocycles. The number of rotatable bonds is 1. The summed E-state index contributed by atoms with van der Waals surface area (Å²) in [6.07, 6.45) is 1.65. The summed E-state index contributed by atoms with van der Waals surface area (Å²) in [7, 11) is 0. The van der Waals surface area contributed by atoms with Gasteiger partial charge in [0.25, 0.3) is 0 Å². The normalized spacial score (nSPS) is 23.2. The van der Waals surface area contributed by atoms with Gasteiger partial charge in [0.2, 0.25) is 5.91 Å². The van der Waals surface area contributed by atoms with Gasteiger partial charge < -0.3 is 5.32 Å². The van der Waals surface area contributed by atoms with E-state index in [1.807, 2.05) is 12.1 Å². The van der Waals surface area contributed by atoms with E-state index in [0.29, 0.717) is 12.8 Å². The average molecular weight is 319 g/mol. The quantitative estimate of drug-likeness (QED) is 0.860. The molecule has 1 atom stereocenters. The monoisotopic (exact) mass is 319 g/mol. The number of nitrogens with one attached hydrogen (secondary N) is 1. The molecule has 122 valence electrons. The first-order valence-electron chi connectivity index (χ1n) is 8.48. The predicted molar refractivity (Wildman–Crippen MR) is 94.5 cm³/mol. The van der Waals surface area contributed by atoms with Crippen LogP contribution in [0.4, 0.5) is 0 Å². The lowest BCUT2D eigenvalue weighted by Crippen LogP contribution is -2.40. The first-order valence-corrected chi connectivity index (χ1v) is 8.48. The molecule has 0 aromatic heterocycles. The maximum atomic E-state index is 12.8. The summed E-state index contributed by atoms with van der Waals surface area (Å²) in [4.78, 5) is 25.0. The molecule has 1 aliphatic heterocycles. The summed E-state index contributed by atoms with van der Waals surface area (Å²) in [6.45, 7) is 4.17. The second-order valence-corrected chi connectivity index (χ2v) is 7.74.